The van der Waals surface area contributed by atoms with Crippen LogP contribution in [-0.2, 0) is 6.54 Å². The van der Waals surface area contributed by atoms with E-state index >= 15 is 0 Å². The topological polar surface area (TPSA) is 48.4 Å². The first-order valence-electron chi connectivity index (χ1n) is 7.27. The SMILES string of the molecule is CNC(C)c1ccnc(N(CCO)Cc2ccccc2)c1. The predicted octanol–water partition coefficient (Wildman–Crippen LogP) is 2.36. The van der Waals surface area contributed by atoms with Gasteiger partial charge in [-0.1, -0.05) is 30.3 Å². The van der Waals surface area contributed by atoms with Crippen LogP contribution >= 0.6 is 0 Å². The number of pyridine rings is 1. The summed E-state index contributed by atoms with van der Waals surface area (Å²) in [4.78, 5) is 6.56. The molecule has 0 bridgehead atoms. The van der Waals surface area contributed by atoms with Crippen molar-refractivity contribution in [3.63, 3.8) is 0 Å². The summed E-state index contributed by atoms with van der Waals surface area (Å²) in [6, 6.07) is 14.6. The lowest BCUT2D eigenvalue weighted by atomic mass is 10.1. The van der Waals surface area contributed by atoms with E-state index in [1.165, 1.54) is 11.1 Å². The number of anilines is 1. The molecule has 0 aliphatic rings. The van der Waals surface area contributed by atoms with E-state index in [0.717, 1.165) is 12.4 Å². The van der Waals surface area contributed by atoms with Gasteiger partial charge in [-0.3, -0.25) is 0 Å². The van der Waals surface area contributed by atoms with Crippen LogP contribution in [0.5, 0.6) is 0 Å². The first kappa shape index (κ1) is 15.5. The summed E-state index contributed by atoms with van der Waals surface area (Å²) >= 11 is 0. The van der Waals surface area contributed by atoms with Crippen LogP contribution in [0, 0.1) is 0 Å². The molecule has 21 heavy (non-hydrogen) atoms. The summed E-state index contributed by atoms with van der Waals surface area (Å²) < 4.78 is 0. The molecule has 1 atom stereocenters. The molecule has 0 saturated carbocycles. The Morgan fingerprint density at radius 3 is 2.67 bits per heavy atom. The molecule has 1 unspecified atom stereocenters. The molecule has 0 radical (unpaired) electrons. The fraction of sp³-hybridized carbons (Fsp3) is 0.353. The maximum Gasteiger partial charge on any atom is 0.129 e. The van der Waals surface area contributed by atoms with Crippen molar-refractivity contribution in [1.82, 2.24) is 10.3 Å². The highest BCUT2D eigenvalue weighted by Crippen LogP contribution is 2.19. The Kier molecular flexibility index (Phi) is 5.72. The number of nitrogens with one attached hydrogen (secondary N) is 1. The summed E-state index contributed by atoms with van der Waals surface area (Å²) in [6.07, 6.45) is 1.83. The minimum absolute atomic E-state index is 0.111. The second kappa shape index (κ2) is 7.76. The molecule has 0 saturated heterocycles. The van der Waals surface area contributed by atoms with Crippen LogP contribution in [0.4, 0.5) is 5.82 Å². The number of aliphatic hydroxyl groups excluding tert-OH is 1. The number of nitrogens with zero attached hydrogens (tertiary/aromatic N) is 2. The molecule has 0 spiro atoms. The normalized spacial score (nSPS) is 12.1. The van der Waals surface area contributed by atoms with Crippen LogP contribution in [0.3, 0.4) is 0 Å². The van der Waals surface area contributed by atoms with E-state index in [-0.39, 0.29) is 12.6 Å². The number of rotatable bonds is 7. The summed E-state index contributed by atoms with van der Waals surface area (Å²) in [5.41, 5.74) is 2.40. The predicted molar refractivity (Wildman–Crippen MR) is 86.3 cm³/mol. The Morgan fingerprint density at radius 1 is 1.24 bits per heavy atom. The Balaban J connectivity index is 2.21. The van der Waals surface area contributed by atoms with Gasteiger partial charge in [0.15, 0.2) is 0 Å². The van der Waals surface area contributed by atoms with Gasteiger partial charge < -0.3 is 15.3 Å². The van der Waals surface area contributed by atoms with Crippen LogP contribution in [0.2, 0.25) is 0 Å². The number of aromatic nitrogens is 1. The lowest BCUT2D eigenvalue weighted by Crippen LogP contribution is -2.27. The van der Waals surface area contributed by atoms with Crippen molar-refractivity contribution in [3.8, 4) is 0 Å². The first-order valence-corrected chi connectivity index (χ1v) is 7.27. The highest BCUT2D eigenvalue weighted by molar-refractivity contribution is 5.42. The van der Waals surface area contributed by atoms with E-state index in [4.69, 9.17) is 0 Å². The van der Waals surface area contributed by atoms with Crippen LogP contribution in [-0.4, -0.2) is 30.3 Å². The molecule has 112 valence electrons. The zero-order chi connectivity index (χ0) is 15.1. The number of hydrogen-bond acceptors (Lipinski definition) is 4. The van der Waals surface area contributed by atoms with Crippen molar-refractivity contribution >= 4 is 5.82 Å². The zero-order valence-electron chi connectivity index (χ0n) is 12.7. The first-order chi connectivity index (χ1) is 10.2. The van der Waals surface area contributed by atoms with E-state index in [1.54, 1.807) is 0 Å². The molecule has 0 aliphatic heterocycles. The molecular formula is C17H23N3O. The van der Waals surface area contributed by atoms with Crippen LogP contribution in [0.1, 0.15) is 24.1 Å². The molecule has 4 nitrogen and oxygen atoms in total. The molecule has 0 aliphatic carbocycles. The number of aliphatic hydroxyl groups is 1. The Hall–Kier alpha value is -1.91. The lowest BCUT2D eigenvalue weighted by molar-refractivity contribution is 0.301. The number of hydrogen-bond donors (Lipinski definition) is 2. The third kappa shape index (κ3) is 4.28. The summed E-state index contributed by atoms with van der Waals surface area (Å²) in [5.74, 6) is 0.896. The molecule has 0 fully saturated rings. The van der Waals surface area contributed by atoms with Gasteiger partial charge in [0.1, 0.15) is 5.82 Å². The largest absolute Gasteiger partial charge is 0.395 e. The molecule has 1 aromatic carbocycles. The fourth-order valence-electron chi connectivity index (χ4n) is 2.24. The van der Waals surface area contributed by atoms with E-state index in [9.17, 15) is 5.11 Å². The van der Waals surface area contributed by atoms with Crippen molar-refractivity contribution in [2.75, 3.05) is 25.1 Å². The van der Waals surface area contributed by atoms with Crippen LogP contribution < -0.4 is 10.2 Å². The monoisotopic (exact) mass is 285 g/mol. The van der Waals surface area contributed by atoms with Gasteiger partial charge in [-0.05, 0) is 37.2 Å². The van der Waals surface area contributed by atoms with Gasteiger partial charge in [0.25, 0.3) is 0 Å². The summed E-state index contributed by atoms with van der Waals surface area (Å²) in [6.45, 7) is 3.54. The van der Waals surface area contributed by atoms with E-state index in [1.807, 2.05) is 37.5 Å². The standard InChI is InChI=1S/C17H23N3O/c1-14(18-2)16-8-9-19-17(12-16)20(10-11-21)13-15-6-4-3-5-7-15/h3-9,12,14,18,21H,10-11,13H2,1-2H3. The third-order valence-electron chi connectivity index (χ3n) is 3.61. The highest BCUT2D eigenvalue weighted by Gasteiger charge is 2.11. The second-order valence-corrected chi connectivity index (χ2v) is 5.09. The zero-order valence-corrected chi connectivity index (χ0v) is 12.7. The van der Waals surface area contributed by atoms with E-state index in [2.05, 4.69) is 40.3 Å². The van der Waals surface area contributed by atoms with Crippen LogP contribution in [0.25, 0.3) is 0 Å². The molecular weight excluding hydrogens is 262 g/mol. The molecule has 1 heterocycles. The molecule has 0 amide bonds. The van der Waals surface area contributed by atoms with Gasteiger partial charge in [0.2, 0.25) is 0 Å². The maximum atomic E-state index is 9.32. The average molecular weight is 285 g/mol. The van der Waals surface area contributed by atoms with E-state index < -0.39 is 0 Å². The van der Waals surface area contributed by atoms with Crippen molar-refractivity contribution in [2.45, 2.75) is 19.5 Å². The summed E-state index contributed by atoms with van der Waals surface area (Å²) in [5, 5.41) is 12.6. The minimum Gasteiger partial charge on any atom is -0.395 e. The molecule has 2 aromatic rings. The Labute approximate surface area is 126 Å². The second-order valence-electron chi connectivity index (χ2n) is 5.09. The quantitative estimate of drug-likeness (QED) is 0.820. The fourth-order valence-corrected chi connectivity index (χ4v) is 2.24. The maximum absolute atomic E-state index is 9.32. The third-order valence-corrected chi connectivity index (χ3v) is 3.61. The van der Waals surface area contributed by atoms with Crippen molar-refractivity contribution < 1.29 is 5.11 Å². The molecule has 2 rings (SSSR count). The summed E-state index contributed by atoms with van der Waals surface area (Å²) in [7, 11) is 1.94. The van der Waals surface area contributed by atoms with Gasteiger partial charge in [-0.2, -0.15) is 0 Å². The smallest absolute Gasteiger partial charge is 0.129 e. The van der Waals surface area contributed by atoms with Gasteiger partial charge in [0, 0.05) is 25.3 Å². The lowest BCUT2D eigenvalue weighted by Gasteiger charge is -2.24. The van der Waals surface area contributed by atoms with Gasteiger partial charge in [-0.15, -0.1) is 0 Å². The average Bonchev–Trinajstić information content (AvgIpc) is 2.55. The van der Waals surface area contributed by atoms with Gasteiger partial charge in [-0.25, -0.2) is 4.98 Å². The Bertz CT molecular complexity index is 545. The molecule has 4 heteroatoms. The molecule has 1 aromatic heterocycles. The van der Waals surface area contributed by atoms with Crippen molar-refractivity contribution in [3.05, 3.63) is 59.8 Å². The minimum atomic E-state index is 0.111. The van der Waals surface area contributed by atoms with Crippen molar-refractivity contribution in [1.29, 1.82) is 0 Å². The van der Waals surface area contributed by atoms with E-state index in [0.29, 0.717) is 6.54 Å². The van der Waals surface area contributed by atoms with Crippen LogP contribution in [0.15, 0.2) is 48.7 Å². The molecule has 2 N–H and O–H groups in total. The highest BCUT2D eigenvalue weighted by atomic mass is 16.3. The Morgan fingerprint density at radius 2 is 2.00 bits per heavy atom. The van der Waals surface area contributed by atoms with Gasteiger partial charge in [0.05, 0.1) is 6.61 Å². The van der Waals surface area contributed by atoms with Crippen molar-refractivity contribution in [2.24, 2.45) is 0 Å². The van der Waals surface area contributed by atoms with Gasteiger partial charge >= 0.3 is 0 Å². The number of benzene rings is 1.